The number of aryl methyl sites for hydroxylation is 1. The van der Waals surface area contributed by atoms with E-state index in [1.807, 2.05) is 7.05 Å². The normalized spacial score (nSPS) is 18.9. The van der Waals surface area contributed by atoms with Gasteiger partial charge in [0, 0.05) is 24.6 Å². The molecule has 2 aliphatic rings. The number of nitrogens with zero attached hydrogens (tertiary/aromatic N) is 1. The average Bonchev–Trinajstić information content (AvgIpc) is 2.34. The molecule has 3 nitrogen and oxygen atoms in total. The molecule has 18 heavy (non-hydrogen) atoms. The maximum absolute atomic E-state index is 5.89. The van der Waals surface area contributed by atoms with Crippen LogP contribution >= 0.6 is 0 Å². The third-order valence-electron chi connectivity index (χ3n) is 4.09. The summed E-state index contributed by atoms with van der Waals surface area (Å²) in [4.78, 5) is 4.88. The highest BCUT2D eigenvalue weighted by Gasteiger charge is 2.27. The quantitative estimate of drug-likeness (QED) is 0.886. The Morgan fingerprint density at radius 1 is 1.39 bits per heavy atom. The van der Waals surface area contributed by atoms with Gasteiger partial charge in [-0.1, -0.05) is 6.42 Å². The van der Waals surface area contributed by atoms with Crippen molar-refractivity contribution >= 4 is 0 Å². The van der Waals surface area contributed by atoms with E-state index >= 15 is 0 Å². The van der Waals surface area contributed by atoms with Crippen molar-refractivity contribution in [3.05, 3.63) is 23.0 Å². The van der Waals surface area contributed by atoms with Crippen LogP contribution in [0.2, 0.25) is 0 Å². The van der Waals surface area contributed by atoms with Gasteiger partial charge in [-0.25, -0.2) is 0 Å². The molecule has 1 aromatic heterocycles. The summed E-state index contributed by atoms with van der Waals surface area (Å²) >= 11 is 0. The topological polar surface area (TPSA) is 34.2 Å². The first-order valence-electron chi connectivity index (χ1n) is 7.18. The molecule has 1 fully saturated rings. The third kappa shape index (κ3) is 2.24. The van der Waals surface area contributed by atoms with Gasteiger partial charge in [-0.2, -0.15) is 0 Å². The highest BCUT2D eigenvalue weighted by Crippen LogP contribution is 2.42. The Hall–Kier alpha value is -1.09. The van der Waals surface area contributed by atoms with Crippen molar-refractivity contribution in [2.24, 2.45) is 0 Å². The van der Waals surface area contributed by atoms with Crippen molar-refractivity contribution in [1.29, 1.82) is 0 Å². The second-order valence-electron chi connectivity index (χ2n) is 5.42. The fourth-order valence-electron chi connectivity index (χ4n) is 2.80. The number of hydrogen-bond acceptors (Lipinski definition) is 3. The zero-order chi connectivity index (χ0) is 12.4. The van der Waals surface area contributed by atoms with Gasteiger partial charge in [0.1, 0.15) is 5.75 Å². The SMILES string of the molecule is CNCCc1cc2c(c(C3CCC3)n1)OCCC2. The lowest BCUT2D eigenvalue weighted by molar-refractivity contribution is 0.273. The molecule has 0 bridgehead atoms. The summed E-state index contributed by atoms with van der Waals surface area (Å²) in [6.45, 7) is 1.86. The predicted molar refractivity (Wildman–Crippen MR) is 72.3 cm³/mol. The number of hydrogen-bond donors (Lipinski definition) is 1. The summed E-state index contributed by atoms with van der Waals surface area (Å²) in [5, 5.41) is 3.20. The van der Waals surface area contributed by atoms with Crippen LogP contribution in [0.3, 0.4) is 0 Å². The van der Waals surface area contributed by atoms with Crippen molar-refractivity contribution < 1.29 is 4.74 Å². The van der Waals surface area contributed by atoms with E-state index in [9.17, 15) is 0 Å². The molecule has 0 saturated heterocycles. The van der Waals surface area contributed by atoms with E-state index in [0.29, 0.717) is 5.92 Å². The molecule has 0 amide bonds. The van der Waals surface area contributed by atoms with Gasteiger partial charge in [0.25, 0.3) is 0 Å². The minimum atomic E-state index is 0.659. The Kier molecular flexibility index (Phi) is 3.50. The minimum absolute atomic E-state index is 0.659. The lowest BCUT2D eigenvalue weighted by Crippen LogP contribution is -2.19. The van der Waals surface area contributed by atoms with Crippen LogP contribution in [0.5, 0.6) is 5.75 Å². The molecule has 0 unspecified atom stereocenters. The summed E-state index contributed by atoms with van der Waals surface area (Å²) < 4.78 is 5.89. The van der Waals surface area contributed by atoms with Crippen molar-refractivity contribution in [1.82, 2.24) is 10.3 Å². The van der Waals surface area contributed by atoms with E-state index in [0.717, 1.165) is 38.2 Å². The third-order valence-corrected chi connectivity index (χ3v) is 4.09. The van der Waals surface area contributed by atoms with Crippen LogP contribution in [0.15, 0.2) is 6.07 Å². The van der Waals surface area contributed by atoms with Gasteiger partial charge in [0.15, 0.2) is 0 Å². The van der Waals surface area contributed by atoms with Crippen LogP contribution in [0, 0.1) is 0 Å². The number of pyridine rings is 1. The fraction of sp³-hybridized carbons (Fsp3) is 0.667. The molecule has 1 aliphatic heterocycles. The van der Waals surface area contributed by atoms with Gasteiger partial charge < -0.3 is 10.1 Å². The predicted octanol–water partition coefficient (Wildman–Crippen LogP) is 2.44. The second-order valence-corrected chi connectivity index (χ2v) is 5.42. The van der Waals surface area contributed by atoms with Crippen LogP contribution in [0.4, 0.5) is 0 Å². The van der Waals surface area contributed by atoms with Gasteiger partial charge in [-0.05, 0) is 44.4 Å². The molecule has 98 valence electrons. The van der Waals surface area contributed by atoms with Crippen LogP contribution < -0.4 is 10.1 Å². The monoisotopic (exact) mass is 246 g/mol. The van der Waals surface area contributed by atoms with Crippen LogP contribution in [0.1, 0.15) is 48.6 Å². The Morgan fingerprint density at radius 3 is 3.00 bits per heavy atom. The molecule has 1 saturated carbocycles. The van der Waals surface area contributed by atoms with Crippen molar-refractivity contribution in [2.45, 2.75) is 44.4 Å². The zero-order valence-electron chi connectivity index (χ0n) is 11.2. The number of rotatable bonds is 4. The van der Waals surface area contributed by atoms with Gasteiger partial charge in [-0.15, -0.1) is 0 Å². The molecule has 3 rings (SSSR count). The lowest BCUT2D eigenvalue weighted by Gasteiger charge is -2.30. The molecular formula is C15H22N2O. The van der Waals surface area contributed by atoms with E-state index in [2.05, 4.69) is 11.4 Å². The van der Waals surface area contributed by atoms with E-state index in [1.165, 1.54) is 36.2 Å². The maximum Gasteiger partial charge on any atom is 0.144 e. The smallest absolute Gasteiger partial charge is 0.144 e. The average molecular weight is 246 g/mol. The van der Waals surface area contributed by atoms with Crippen LogP contribution in [-0.4, -0.2) is 25.2 Å². The second kappa shape index (κ2) is 5.27. The summed E-state index contributed by atoms with van der Waals surface area (Å²) in [5.74, 6) is 1.78. The summed E-state index contributed by atoms with van der Waals surface area (Å²) in [6.07, 6.45) is 7.25. The lowest BCUT2D eigenvalue weighted by atomic mass is 9.81. The number of aromatic nitrogens is 1. The molecule has 0 radical (unpaired) electrons. The highest BCUT2D eigenvalue weighted by molar-refractivity contribution is 5.43. The van der Waals surface area contributed by atoms with Gasteiger partial charge in [0.05, 0.1) is 12.3 Å². The summed E-state index contributed by atoms with van der Waals surface area (Å²) in [7, 11) is 1.99. The highest BCUT2D eigenvalue weighted by atomic mass is 16.5. The molecule has 3 heteroatoms. The number of ether oxygens (including phenoxy) is 1. The van der Waals surface area contributed by atoms with Gasteiger partial charge in [0.2, 0.25) is 0 Å². The molecule has 1 N–H and O–H groups in total. The Balaban J connectivity index is 1.92. The van der Waals surface area contributed by atoms with Crippen molar-refractivity contribution in [2.75, 3.05) is 20.2 Å². The fourth-order valence-corrected chi connectivity index (χ4v) is 2.80. The van der Waals surface area contributed by atoms with E-state index in [4.69, 9.17) is 9.72 Å². The van der Waals surface area contributed by atoms with Gasteiger partial charge in [-0.3, -0.25) is 4.98 Å². The van der Waals surface area contributed by atoms with Gasteiger partial charge >= 0.3 is 0 Å². The molecule has 1 aliphatic carbocycles. The molecule has 0 aromatic carbocycles. The molecule has 0 atom stereocenters. The van der Waals surface area contributed by atoms with E-state index in [-0.39, 0.29) is 0 Å². The van der Waals surface area contributed by atoms with Crippen molar-refractivity contribution in [3.63, 3.8) is 0 Å². The molecular weight excluding hydrogens is 224 g/mol. The summed E-state index contributed by atoms with van der Waals surface area (Å²) in [5.41, 5.74) is 3.88. The first kappa shape index (κ1) is 12.0. The minimum Gasteiger partial charge on any atom is -0.491 e. The molecule has 0 spiro atoms. The van der Waals surface area contributed by atoms with Crippen molar-refractivity contribution in [3.8, 4) is 5.75 Å². The summed E-state index contributed by atoms with van der Waals surface area (Å²) in [6, 6.07) is 2.26. The Morgan fingerprint density at radius 2 is 2.28 bits per heavy atom. The molecule has 2 heterocycles. The maximum atomic E-state index is 5.89. The largest absolute Gasteiger partial charge is 0.491 e. The van der Waals surface area contributed by atoms with Crippen LogP contribution in [-0.2, 0) is 12.8 Å². The van der Waals surface area contributed by atoms with E-state index in [1.54, 1.807) is 0 Å². The number of fused-ring (bicyclic) bond motifs is 1. The first-order valence-corrected chi connectivity index (χ1v) is 7.18. The molecule has 1 aromatic rings. The Labute approximate surface area is 109 Å². The van der Waals surface area contributed by atoms with E-state index < -0.39 is 0 Å². The standard InChI is InChI=1S/C15H22N2O/c1-16-8-7-13-10-12-6-3-9-18-15(12)14(17-13)11-4-2-5-11/h10-11,16H,2-9H2,1H3. The Bertz CT molecular complexity index is 427. The zero-order valence-corrected chi connectivity index (χ0v) is 11.2. The number of nitrogens with one attached hydrogen (secondary N) is 1. The van der Waals surface area contributed by atoms with Crippen LogP contribution in [0.25, 0.3) is 0 Å². The number of likely N-dealkylation sites (N-methyl/N-ethyl adjacent to an activating group) is 1. The first-order chi connectivity index (χ1) is 8.88.